The van der Waals surface area contributed by atoms with Crippen LogP contribution in [0, 0.1) is 0 Å². The van der Waals surface area contributed by atoms with Crippen molar-refractivity contribution in [3.63, 3.8) is 0 Å². The van der Waals surface area contributed by atoms with Gasteiger partial charge in [0.05, 0.1) is 16.2 Å². The van der Waals surface area contributed by atoms with Crippen molar-refractivity contribution >= 4 is 78.0 Å². The molecule has 4 heteroatoms. The third kappa shape index (κ3) is 10.3. The number of nitrogens with zero attached hydrogens (tertiary/aromatic N) is 2. The van der Waals surface area contributed by atoms with Crippen LogP contribution >= 0.6 is 0 Å². The zero-order chi connectivity index (χ0) is 88.6. The molecule has 23 aromatic rings. The first-order valence-corrected chi connectivity index (χ1v) is 47.1. The van der Waals surface area contributed by atoms with Crippen molar-refractivity contribution in [2.24, 2.45) is 0 Å². The van der Waals surface area contributed by atoms with E-state index in [-0.39, 0.29) is 0 Å². The molecule has 0 radical (unpaired) electrons. The topological polar surface area (TPSA) is 32.8 Å². The van der Waals surface area contributed by atoms with E-state index < -0.39 is 21.7 Å². The summed E-state index contributed by atoms with van der Waals surface area (Å²) >= 11 is 0. The second-order valence-corrected chi connectivity index (χ2v) is 37.5. The SMILES string of the molecule is CC1(c2ccc(-c3ccc4c(c3)-c3ccccc3C43c4ccccc4-c4ccc(N(c5ccc(-c6cccc7c6oc6ccccc67)cc5)c5ccc6c(c5)C(c5ccccc5)(c5ccccc5)c5ccccc5-6)cc43)cc2)c2ccccc2-c2ccc(N(c3ccc(-c4cccc5c4oc4ccccc45)cc3)c3ccc4c(c3)C3(c5ccccc5-c5ccccc53)c3ccccc3-4)cc21. The predicted molar refractivity (Wildman–Crippen MR) is 554 cm³/mol. The summed E-state index contributed by atoms with van der Waals surface area (Å²) in [6, 6.07) is 181. The Hall–Kier alpha value is -17.2. The fourth-order valence-electron chi connectivity index (χ4n) is 25.6. The van der Waals surface area contributed by atoms with Crippen LogP contribution < -0.4 is 9.80 Å². The molecule has 0 fully saturated rings. The summed E-state index contributed by atoms with van der Waals surface area (Å²) in [5.74, 6) is 0. The number of benzene rings is 21. The molecule has 0 bridgehead atoms. The summed E-state index contributed by atoms with van der Waals surface area (Å²) in [6.07, 6.45) is 0. The highest BCUT2D eigenvalue weighted by Crippen LogP contribution is 2.68. The summed E-state index contributed by atoms with van der Waals surface area (Å²) < 4.78 is 13.4. The minimum atomic E-state index is -0.670. The lowest BCUT2D eigenvalue weighted by Gasteiger charge is -2.35. The van der Waals surface area contributed by atoms with Gasteiger partial charge in [0.25, 0.3) is 0 Å². The zero-order valence-electron chi connectivity index (χ0n) is 73.8. The van der Waals surface area contributed by atoms with E-state index in [0.717, 1.165) is 106 Å². The highest BCUT2D eigenvalue weighted by Gasteiger charge is 2.55. The molecule has 0 amide bonds. The average molecular weight is 1720 g/mol. The van der Waals surface area contributed by atoms with Crippen LogP contribution in [-0.2, 0) is 21.7 Å². The van der Waals surface area contributed by atoms with Gasteiger partial charge in [0.2, 0.25) is 0 Å². The maximum absolute atomic E-state index is 6.72. The van der Waals surface area contributed by atoms with Crippen LogP contribution in [0.3, 0.4) is 0 Å². The van der Waals surface area contributed by atoms with Gasteiger partial charge in [0.1, 0.15) is 22.3 Å². The summed E-state index contributed by atoms with van der Waals surface area (Å²) in [7, 11) is 0. The molecule has 0 N–H and O–H groups in total. The van der Waals surface area contributed by atoms with Gasteiger partial charge in [-0.05, 0) is 270 Å². The molecule has 21 aromatic carbocycles. The van der Waals surface area contributed by atoms with Crippen molar-refractivity contribution in [2.75, 3.05) is 9.80 Å². The summed E-state index contributed by atoms with van der Waals surface area (Å²) in [5.41, 5.74) is 48.3. The molecular weight excluding hydrogens is 1630 g/mol. The Kier molecular flexibility index (Phi) is 15.9. The van der Waals surface area contributed by atoms with Gasteiger partial charge in [-0.2, -0.15) is 0 Å². The van der Waals surface area contributed by atoms with Gasteiger partial charge in [-0.15, -0.1) is 0 Å². The van der Waals surface area contributed by atoms with E-state index >= 15 is 0 Å². The molecule has 2 unspecified atom stereocenters. The van der Waals surface area contributed by atoms with Crippen molar-refractivity contribution in [2.45, 2.75) is 28.6 Å². The number of anilines is 6. The maximum atomic E-state index is 6.72. The maximum Gasteiger partial charge on any atom is 0.143 e. The molecule has 2 spiro atoms. The smallest absolute Gasteiger partial charge is 0.143 e. The minimum Gasteiger partial charge on any atom is -0.455 e. The van der Waals surface area contributed by atoms with Crippen LogP contribution in [0.5, 0.6) is 0 Å². The number of hydrogen-bond acceptors (Lipinski definition) is 4. The molecule has 4 nitrogen and oxygen atoms in total. The Morgan fingerprint density at radius 1 is 0.163 bits per heavy atom. The van der Waals surface area contributed by atoms with Crippen molar-refractivity contribution in [3.8, 4) is 100 Å². The molecule has 2 aromatic heterocycles. The van der Waals surface area contributed by atoms with Crippen LogP contribution in [0.1, 0.15) is 90.4 Å². The van der Waals surface area contributed by atoms with Crippen LogP contribution in [-0.4, -0.2) is 0 Å². The number of hydrogen-bond donors (Lipinski definition) is 0. The van der Waals surface area contributed by atoms with E-state index in [1.807, 2.05) is 0 Å². The molecule has 628 valence electrons. The minimum absolute atomic E-state index is 0.538. The van der Waals surface area contributed by atoms with Crippen LogP contribution in [0.2, 0.25) is 0 Å². The van der Waals surface area contributed by atoms with Crippen molar-refractivity contribution in [1.29, 1.82) is 0 Å². The molecule has 0 aliphatic heterocycles. The second-order valence-electron chi connectivity index (χ2n) is 37.5. The quantitative estimate of drug-likeness (QED) is 0.122. The molecule has 135 heavy (non-hydrogen) atoms. The van der Waals surface area contributed by atoms with Crippen LogP contribution in [0.4, 0.5) is 34.1 Å². The van der Waals surface area contributed by atoms with E-state index in [9.17, 15) is 0 Å². The zero-order valence-corrected chi connectivity index (χ0v) is 73.8. The average Bonchev–Trinajstić information content (AvgIpc) is 1.52. The third-order valence-electron chi connectivity index (χ3n) is 31.3. The van der Waals surface area contributed by atoms with E-state index in [0.29, 0.717) is 0 Å². The van der Waals surface area contributed by atoms with Crippen molar-refractivity contribution < 1.29 is 8.83 Å². The second kappa shape index (κ2) is 28.4. The third-order valence-corrected chi connectivity index (χ3v) is 31.3. The molecule has 2 heterocycles. The van der Waals surface area contributed by atoms with E-state index in [1.165, 1.54) is 156 Å². The summed E-state index contributed by atoms with van der Waals surface area (Å²) in [5, 5.41) is 4.46. The number of fused-ring (bicyclic) bond motifs is 32. The van der Waals surface area contributed by atoms with Gasteiger partial charge in [0, 0.05) is 72.2 Å². The molecular formula is C131H82N2O2. The molecule has 2 atom stereocenters. The van der Waals surface area contributed by atoms with Gasteiger partial charge in [-0.1, -0.05) is 388 Å². The molecule has 29 rings (SSSR count). The highest BCUT2D eigenvalue weighted by atomic mass is 16.3. The first-order chi connectivity index (χ1) is 66.8. The van der Waals surface area contributed by atoms with E-state index in [2.05, 4.69) is 496 Å². The Balaban J connectivity index is 0.563. The highest BCUT2D eigenvalue weighted by molar-refractivity contribution is 6.12. The van der Waals surface area contributed by atoms with E-state index in [1.54, 1.807) is 0 Å². The number of rotatable bonds is 12. The molecule has 0 saturated heterocycles. The summed E-state index contributed by atoms with van der Waals surface area (Å²) in [4.78, 5) is 5.03. The largest absolute Gasteiger partial charge is 0.455 e. The monoisotopic (exact) mass is 1710 g/mol. The normalized spacial score (nSPS) is 15.6. The van der Waals surface area contributed by atoms with Gasteiger partial charge in [0.15, 0.2) is 0 Å². The molecule has 6 aliphatic carbocycles. The predicted octanol–water partition coefficient (Wildman–Crippen LogP) is 33.8. The first-order valence-electron chi connectivity index (χ1n) is 47.1. The van der Waals surface area contributed by atoms with Crippen molar-refractivity contribution in [3.05, 3.63) is 563 Å². The first kappa shape index (κ1) is 75.6. The standard InChI is InChI=1S/C131H82N2O2/c1-128(112-45-17-8-32-96(112)103-71-67-90(77-120(103)128)132(88-63-56-82(57-64-88)94-41-26-43-109-107-39-15-24-52-124(107)134-126(94)109)92-69-73-105-100-36-12-21-49-116(100)130(122(105)79-92)114-47-19-10-33-97(114)98-34-11-20-48-115(98)130)85-61-54-81(55-62-85)84-60-75-119-111(76-84)102-38-14-23-51-118(102)131(119)117-50-22-13-37-101(117)106-74-70-93(80-123(106)131)133(89-65-58-83(59-66-89)95-42-27-44-110-108-40-16-25-53-125(108)135-127(95)110)91-68-72-104-99-35-9-18-46-113(99)129(121(104)78-91,86-28-4-2-5-29-86)87-30-6-3-7-31-87/h2-80H,1H3. The number of para-hydroxylation sites is 4. The van der Waals surface area contributed by atoms with Crippen molar-refractivity contribution in [1.82, 2.24) is 0 Å². The number of furan rings is 2. The Bertz CT molecular complexity index is 8860. The van der Waals surface area contributed by atoms with Crippen LogP contribution in [0.15, 0.2) is 488 Å². The lowest BCUT2D eigenvalue weighted by atomic mass is 9.67. The molecule has 6 aliphatic rings. The van der Waals surface area contributed by atoms with Gasteiger partial charge >= 0.3 is 0 Å². The fourth-order valence-corrected chi connectivity index (χ4v) is 25.6. The van der Waals surface area contributed by atoms with E-state index in [4.69, 9.17) is 8.83 Å². The fraction of sp³-hybridized carbons (Fsp3) is 0.0382. The van der Waals surface area contributed by atoms with Crippen LogP contribution in [0.25, 0.3) is 144 Å². The Labute approximate surface area is 782 Å². The Morgan fingerprint density at radius 2 is 0.444 bits per heavy atom. The van der Waals surface area contributed by atoms with Gasteiger partial charge < -0.3 is 18.6 Å². The lowest BCUT2D eigenvalue weighted by Crippen LogP contribution is -2.28. The Morgan fingerprint density at radius 3 is 0.859 bits per heavy atom. The molecule has 0 saturated carbocycles. The van der Waals surface area contributed by atoms with Gasteiger partial charge in [-0.3, -0.25) is 0 Å². The lowest BCUT2D eigenvalue weighted by molar-refractivity contribution is 0.669. The summed E-state index contributed by atoms with van der Waals surface area (Å²) in [6.45, 7) is 2.46. The van der Waals surface area contributed by atoms with Gasteiger partial charge in [-0.25, -0.2) is 0 Å².